The van der Waals surface area contributed by atoms with E-state index in [0.717, 1.165) is 45.7 Å². The van der Waals surface area contributed by atoms with Gasteiger partial charge in [0.1, 0.15) is 10.3 Å². The van der Waals surface area contributed by atoms with Crippen LogP contribution in [0.25, 0.3) is 10.7 Å². The van der Waals surface area contributed by atoms with Gasteiger partial charge >= 0.3 is 0 Å². The molecule has 7 nitrogen and oxygen atoms in total. The molecule has 164 valence electrons. The third kappa shape index (κ3) is 5.18. The van der Waals surface area contributed by atoms with Crippen LogP contribution < -0.4 is 5.32 Å². The molecule has 12 heteroatoms. The van der Waals surface area contributed by atoms with Gasteiger partial charge in [-0.25, -0.2) is 13.4 Å². The summed E-state index contributed by atoms with van der Waals surface area (Å²) in [5.41, 5.74) is 0.800. The summed E-state index contributed by atoms with van der Waals surface area (Å²) in [6, 6.07) is 9.84. The van der Waals surface area contributed by atoms with Gasteiger partial charge in [0.2, 0.25) is 10.4 Å². The lowest BCUT2D eigenvalue weighted by molar-refractivity contribution is -0.124. The van der Waals surface area contributed by atoms with Crippen LogP contribution in [0, 0.1) is 0 Å². The third-order valence-electron chi connectivity index (χ3n) is 4.87. The summed E-state index contributed by atoms with van der Waals surface area (Å²) in [7, 11) is -3.94. The Morgan fingerprint density at radius 1 is 1.19 bits per heavy atom. The zero-order valence-corrected chi connectivity index (χ0v) is 20.9. The average molecular weight is 562 g/mol. The minimum Gasteiger partial charge on any atom is -0.355 e. The zero-order valence-electron chi connectivity index (χ0n) is 16.1. The number of carbonyl (C=O) groups excluding carboxylic acids is 1. The third-order valence-corrected chi connectivity index (χ3v) is 9.60. The smallest absolute Gasteiger partial charge is 0.253 e. The number of thiophene rings is 1. The minimum atomic E-state index is -3.94. The number of amides is 1. The highest BCUT2D eigenvalue weighted by molar-refractivity contribution is 9.10. The van der Waals surface area contributed by atoms with Gasteiger partial charge in [0.05, 0.1) is 4.88 Å². The van der Waals surface area contributed by atoms with Crippen molar-refractivity contribution in [2.24, 2.45) is 0 Å². The number of benzene rings is 1. The number of hydrogen-bond donors (Lipinski definition) is 1. The van der Waals surface area contributed by atoms with Crippen LogP contribution in [0.3, 0.4) is 0 Å². The summed E-state index contributed by atoms with van der Waals surface area (Å²) in [6.07, 6.45) is 2.07. The second-order valence-electron chi connectivity index (χ2n) is 6.97. The van der Waals surface area contributed by atoms with Gasteiger partial charge in [-0.2, -0.15) is 8.68 Å². The molecule has 1 unspecified atom stereocenters. The summed E-state index contributed by atoms with van der Waals surface area (Å²) in [4.78, 5) is 17.5. The molecule has 0 spiro atoms. The molecule has 1 aliphatic heterocycles. The lowest BCUT2D eigenvalue weighted by Gasteiger charge is -2.28. The van der Waals surface area contributed by atoms with E-state index in [1.807, 2.05) is 24.3 Å². The summed E-state index contributed by atoms with van der Waals surface area (Å²) in [5, 5.41) is 2.84. The van der Waals surface area contributed by atoms with Crippen LogP contribution in [-0.4, -0.2) is 40.6 Å². The van der Waals surface area contributed by atoms with Gasteiger partial charge in [-0.05, 0) is 72.2 Å². The largest absolute Gasteiger partial charge is 0.355 e. The van der Waals surface area contributed by atoms with Crippen molar-refractivity contribution >= 4 is 66.3 Å². The van der Waals surface area contributed by atoms with Gasteiger partial charge in [0, 0.05) is 17.6 Å². The molecule has 1 fully saturated rings. The lowest BCUT2D eigenvalue weighted by Crippen LogP contribution is -2.48. The predicted molar refractivity (Wildman–Crippen MR) is 126 cm³/mol. The SMILES string of the molecule is O=C1NCCCCC1N(Cc1ccc(Br)cc1)S(=O)(=O)c1ccc(-c2nsc(Cl)n2)s1. The molecule has 0 aliphatic carbocycles. The van der Waals surface area contributed by atoms with Crippen molar-refractivity contribution in [1.82, 2.24) is 19.0 Å². The van der Waals surface area contributed by atoms with E-state index in [2.05, 4.69) is 30.6 Å². The molecule has 0 radical (unpaired) electrons. The fourth-order valence-electron chi connectivity index (χ4n) is 3.33. The van der Waals surface area contributed by atoms with Crippen molar-refractivity contribution in [3.63, 3.8) is 0 Å². The van der Waals surface area contributed by atoms with Crippen LogP contribution in [0.15, 0.2) is 45.1 Å². The molecule has 3 heterocycles. The molecule has 4 rings (SSSR count). The molecule has 3 aromatic rings. The fourth-order valence-corrected chi connectivity index (χ4v) is 7.24. The highest BCUT2D eigenvalue weighted by atomic mass is 79.9. The standard InChI is InChI=1S/C19H18BrClN4O3S3/c20-13-6-4-12(5-7-13)11-25(14-3-1-2-10-22-18(14)26)31(27,28)16-9-8-15(29-16)17-23-19(21)30-24-17/h4-9,14H,1-3,10-11H2,(H,22,26). The summed E-state index contributed by atoms with van der Waals surface area (Å²) < 4.78 is 34.2. The summed E-state index contributed by atoms with van der Waals surface area (Å²) in [6.45, 7) is 0.655. The maximum absolute atomic E-state index is 13.7. The fraction of sp³-hybridized carbons (Fsp3) is 0.316. The normalized spacial score (nSPS) is 17.5. The Morgan fingerprint density at radius 2 is 1.97 bits per heavy atom. The van der Waals surface area contributed by atoms with Crippen LogP contribution in [-0.2, 0) is 21.4 Å². The maximum Gasteiger partial charge on any atom is 0.253 e. The Kier molecular flexibility index (Phi) is 7.09. The number of nitrogens with one attached hydrogen (secondary N) is 1. The zero-order chi connectivity index (χ0) is 22.0. The molecule has 31 heavy (non-hydrogen) atoms. The Morgan fingerprint density at radius 3 is 2.68 bits per heavy atom. The van der Waals surface area contributed by atoms with E-state index in [1.54, 1.807) is 6.07 Å². The van der Waals surface area contributed by atoms with E-state index in [4.69, 9.17) is 11.6 Å². The molecule has 0 saturated carbocycles. The van der Waals surface area contributed by atoms with Gasteiger partial charge in [-0.15, -0.1) is 11.3 Å². The van der Waals surface area contributed by atoms with E-state index in [9.17, 15) is 13.2 Å². The van der Waals surface area contributed by atoms with Crippen molar-refractivity contribution in [2.75, 3.05) is 6.54 Å². The average Bonchev–Trinajstić information content (AvgIpc) is 3.35. The topological polar surface area (TPSA) is 92.3 Å². The molecule has 1 saturated heterocycles. The van der Waals surface area contributed by atoms with Gasteiger partial charge < -0.3 is 5.32 Å². The first-order chi connectivity index (χ1) is 14.8. The van der Waals surface area contributed by atoms with Gasteiger partial charge in [-0.3, -0.25) is 4.79 Å². The van der Waals surface area contributed by atoms with Crippen molar-refractivity contribution in [2.45, 2.75) is 36.1 Å². The van der Waals surface area contributed by atoms with Crippen LogP contribution in [0.5, 0.6) is 0 Å². The van der Waals surface area contributed by atoms with Crippen molar-refractivity contribution in [1.29, 1.82) is 0 Å². The van der Waals surface area contributed by atoms with Crippen molar-refractivity contribution < 1.29 is 13.2 Å². The van der Waals surface area contributed by atoms with E-state index in [0.29, 0.717) is 28.1 Å². The Balaban J connectivity index is 1.71. The van der Waals surface area contributed by atoms with Crippen LogP contribution in [0.1, 0.15) is 24.8 Å². The molecule has 2 aromatic heterocycles. The molecule has 1 N–H and O–H groups in total. The number of aromatic nitrogens is 2. The van der Waals surface area contributed by atoms with E-state index in [-0.39, 0.29) is 16.7 Å². The predicted octanol–water partition coefficient (Wildman–Crippen LogP) is 4.54. The molecule has 1 amide bonds. The number of nitrogens with zero attached hydrogens (tertiary/aromatic N) is 3. The highest BCUT2D eigenvalue weighted by Gasteiger charge is 2.37. The monoisotopic (exact) mass is 560 g/mol. The van der Waals surface area contributed by atoms with Crippen LogP contribution in [0.4, 0.5) is 0 Å². The molecule has 1 aliphatic rings. The van der Waals surface area contributed by atoms with Gasteiger partial charge in [-0.1, -0.05) is 28.1 Å². The highest BCUT2D eigenvalue weighted by Crippen LogP contribution is 2.34. The van der Waals surface area contributed by atoms with Gasteiger partial charge in [0.15, 0.2) is 5.82 Å². The Bertz CT molecular complexity index is 1180. The Labute approximate surface area is 201 Å². The maximum atomic E-state index is 13.7. The van der Waals surface area contributed by atoms with E-state index >= 15 is 0 Å². The first kappa shape index (κ1) is 22.8. The lowest BCUT2D eigenvalue weighted by atomic mass is 10.1. The van der Waals surface area contributed by atoms with Crippen LogP contribution in [0.2, 0.25) is 4.47 Å². The molecule has 1 atom stereocenters. The molecule has 1 aromatic carbocycles. The molecular weight excluding hydrogens is 544 g/mol. The summed E-state index contributed by atoms with van der Waals surface area (Å²) in [5.74, 6) is 0.135. The van der Waals surface area contributed by atoms with Gasteiger partial charge in [0.25, 0.3) is 10.0 Å². The summed E-state index contributed by atoms with van der Waals surface area (Å²) >= 11 is 11.4. The second kappa shape index (κ2) is 9.63. The number of rotatable bonds is 6. The molecule has 0 bridgehead atoms. The quantitative estimate of drug-likeness (QED) is 0.477. The number of sulfonamides is 1. The Hall–Kier alpha value is -1.37. The number of halogens is 2. The van der Waals surface area contributed by atoms with Crippen LogP contribution >= 0.6 is 50.4 Å². The van der Waals surface area contributed by atoms with E-state index in [1.165, 1.54) is 10.4 Å². The number of carbonyl (C=O) groups is 1. The number of hydrogen-bond acceptors (Lipinski definition) is 7. The molecular formula is C19H18BrClN4O3S3. The van der Waals surface area contributed by atoms with Crippen molar-refractivity contribution in [3.05, 3.63) is 50.9 Å². The second-order valence-corrected chi connectivity index (χ2v) is 12.4. The first-order valence-electron chi connectivity index (χ1n) is 9.48. The minimum absolute atomic E-state index is 0.0989. The van der Waals surface area contributed by atoms with E-state index < -0.39 is 16.1 Å². The van der Waals surface area contributed by atoms with Crippen molar-refractivity contribution in [3.8, 4) is 10.7 Å². The first-order valence-corrected chi connectivity index (χ1v) is 13.7.